The minimum Gasteiger partial charge on any atom is -0.339 e. The predicted molar refractivity (Wildman–Crippen MR) is 135 cm³/mol. The molecule has 1 fully saturated rings. The van der Waals surface area contributed by atoms with Crippen LogP contribution < -0.4 is 5.56 Å². The summed E-state index contributed by atoms with van der Waals surface area (Å²) in [6, 6.07) is 15.2. The number of thioether (sulfide) groups is 1. The molecule has 2 aromatic carbocycles. The fourth-order valence-electron chi connectivity index (χ4n) is 4.43. The number of carbonyl (C=O) groups excluding carboxylic acids is 1. The van der Waals surface area contributed by atoms with E-state index >= 15 is 0 Å². The molecule has 2 aromatic heterocycles. The summed E-state index contributed by atoms with van der Waals surface area (Å²) < 4.78 is 3.48. The highest BCUT2D eigenvalue weighted by Crippen LogP contribution is 2.27. The predicted octanol–water partition coefficient (Wildman–Crippen LogP) is 2.99. The molecule has 5 rings (SSSR count). The van der Waals surface area contributed by atoms with Crippen LogP contribution >= 0.6 is 11.8 Å². The zero-order valence-electron chi connectivity index (χ0n) is 19.6. The van der Waals surface area contributed by atoms with Crippen LogP contribution in [0.4, 0.5) is 0 Å². The molecular weight excluding hydrogens is 448 g/mol. The van der Waals surface area contributed by atoms with Crippen LogP contribution in [-0.4, -0.2) is 72.8 Å². The number of para-hydroxylation sites is 1. The van der Waals surface area contributed by atoms with Crippen molar-refractivity contribution in [3.05, 3.63) is 64.4 Å². The second kappa shape index (κ2) is 9.23. The fraction of sp³-hybridized carbons (Fsp3) is 0.360. The van der Waals surface area contributed by atoms with Crippen molar-refractivity contribution in [3.63, 3.8) is 0 Å². The number of piperazine rings is 1. The van der Waals surface area contributed by atoms with E-state index in [1.807, 2.05) is 71.7 Å². The molecule has 1 saturated heterocycles. The van der Waals surface area contributed by atoms with Gasteiger partial charge in [-0.2, -0.15) is 0 Å². The number of rotatable bonds is 5. The molecule has 1 atom stereocenters. The topological polar surface area (TPSA) is 75.7 Å². The van der Waals surface area contributed by atoms with Crippen molar-refractivity contribution < 1.29 is 4.79 Å². The van der Waals surface area contributed by atoms with Crippen molar-refractivity contribution in [2.24, 2.45) is 0 Å². The van der Waals surface area contributed by atoms with E-state index in [-0.39, 0.29) is 16.7 Å². The van der Waals surface area contributed by atoms with Crippen LogP contribution in [0.25, 0.3) is 22.4 Å². The Balaban J connectivity index is 1.55. The summed E-state index contributed by atoms with van der Waals surface area (Å²) in [7, 11) is 0. The van der Waals surface area contributed by atoms with E-state index in [4.69, 9.17) is 0 Å². The molecule has 0 spiro atoms. The summed E-state index contributed by atoms with van der Waals surface area (Å²) in [5, 5.41) is 9.67. The Kier molecular flexibility index (Phi) is 6.14. The summed E-state index contributed by atoms with van der Waals surface area (Å²) in [5.41, 5.74) is 2.43. The molecule has 4 aromatic rings. The molecule has 0 bridgehead atoms. The molecule has 0 N–H and O–H groups in total. The first-order valence-corrected chi connectivity index (χ1v) is 12.5. The van der Waals surface area contributed by atoms with Gasteiger partial charge in [-0.15, -0.1) is 10.2 Å². The molecular formula is C25H28N6O2S. The second-order valence-corrected chi connectivity index (χ2v) is 9.94. The SMILES string of the molecule is CCN1CCN(C(=O)C(C)Sc2nnc3n(-c4ccc(C)cc4)c(=O)c4ccccc4n23)CC1. The lowest BCUT2D eigenvalue weighted by molar-refractivity contribution is -0.132. The van der Waals surface area contributed by atoms with Gasteiger partial charge in [-0.3, -0.25) is 14.0 Å². The smallest absolute Gasteiger partial charge is 0.267 e. The zero-order chi connectivity index (χ0) is 23.8. The molecule has 3 heterocycles. The third-order valence-electron chi connectivity index (χ3n) is 6.45. The number of fused-ring (bicyclic) bond motifs is 3. The van der Waals surface area contributed by atoms with Crippen LogP contribution in [0.5, 0.6) is 0 Å². The Bertz CT molecular complexity index is 1400. The van der Waals surface area contributed by atoms with Crippen LogP contribution in [-0.2, 0) is 4.79 Å². The van der Waals surface area contributed by atoms with E-state index in [2.05, 4.69) is 22.0 Å². The minimum atomic E-state index is -0.320. The third-order valence-corrected chi connectivity index (χ3v) is 7.48. The Morgan fingerprint density at radius 3 is 2.44 bits per heavy atom. The fourth-order valence-corrected chi connectivity index (χ4v) is 5.37. The molecule has 0 saturated carbocycles. The molecule has 0 aliphatic carbocycles. The van der Waals surface area contributed by atoms with Crippen LogP contribution in [0.3, 0.4) is 0 Å². The molecule has 1 aliphatic rings. The summed E-state index contributed by atoms with van der Waals surface area (Å²) in [6.07, 6.45) is 0. The van der Waals surface area contributed by atoms with Crippen molar-refractivity contribution in [1.82, 2.24) is 29.0 Å². The van der Waals surface area contributed by atoms with Crippen LogP contribution in [0, 0.1) is 6.92 Å². The Hall–Kier alpha value is -3.17. The number of aryl methyl sites for hydroxylation is 1. The van der Waals surface area contributed by atoms with Gasteiger partial charge in [-0.05, 0) is 44.7 Å². The van der Waals surface area contributed by atoms with Gasteiger partial charge in [-0.25, -0.2) is 4.57 Å². The highest BCUT2D eigenvalue weighted by Gasteiger charge is 2.27. The summed E-state index contributed by atoms with van der Waals surface area (Å²) in [6.45, 7) is 10.4. The van der Waals surface area contributed by atoms with Crippen LogP contribution in [0.15, 0.2) is 58.5 Å². The van der Waals surface area contributed by atoms with E-state index in [0.717, 1.165) is 49.5 Å². The molecule has 1 unspecified atom stereocenters. The number of carbonyl (C=O) groups is 1. The Morgan fingerprint density at radius 1 is 1.03 bits per heavy atom. The number of likely N-dealkylation sites (N-methyl/N-ethyl adjacent to an activating group) is 1. The molecule has 1 aliphatic heterocycles. The van der Waals surface area contributed by atoms with Gasteiger partial charge in [0.1, 0.15) is 0 Å². The lowest BCUT2D eigenvalue weighted by Crippen LogP contribution is -2.50. The van der Waals surface area contributed by atoms with E-state index in [1.54, 1.807) is 4.57 Å². The van der Waals surface area contributed by atoms with E-state index in [9.17, 15) is 9.59 Å². The highest BCUT2D eigenvalue weighted by molar-refractivity contribution is 8.00. The van der Waals surface area contributed by atoms with E-state index in [1.165, 1.54) is 11.8 Å². The maximum Gasteiger partial charge on any atom is 0.267 e. The normalized spacial score (nSPS) is 15.8. The number of hydrogen-bond donors (Lipinski definition) is 0. The monoisotopic (exact) mass is 476 g/mol. The first kappa shape index (κ1) is 22.6. The Labute approximate surface area is 202 Å². The summed E-state index contributed by atoms with van der Waals surface area (Å²) >= 11 is 1.38. The lowest BCUT2D eigenvalue weighted by Gasteiger charge is -2.35. The largest absolute Gasteiger partial charge is 0.339 e. The summed E-state index contributed by atoms with van der Waals surface area (Å²) in [4.78, 5) is 30.9. The van der Waals surface area contributed by atoms with Crippen molar-refractivity contribution >= 4 is 34.3 Å². The average molecular weight is 477 g/mol. The van der Waals surface area contributed by atoms with Gasteiger partial charge in [0.2, 0.25) is 11.7 Å². The average Bonchev–Trinajstić information content (AvgIpc) is 3.28. The lowest BCUT2D eigenvalue weighted by atomic mass is 10.2. The van der Waals surface area contributed by atoms with Gasteiger partial charge in [0.15, 0.2) is 5.16 Å². The standard InChI is InChI=1S/C25H28N6O2S/c1-4-28-13-15-29(16-14-28)22(32)18(3)34-25-27-26-24-30(19-11-9-17(2)10-12-19)23(33)20-7-5-6-8-21(20)31(24)25/h5-12,18H,4,13-16H2,1-3H3. The molecule has 34 heavy (non-hydrogen) atoms. The van der Waals surface area contributed by atoms with Crippen LogP contribution in [0.1, 0.15) is 19.4 Å². The van der Waals surface area contributed by atoms with Gasteiger partial charge >= 0.3 is 0 Å². The number of nitrogens with zero attached hydrogens (tertiary/aromatic N) is 6. The molecule has 0 radical (unpaired) electrons. The third kappa shape index (κ3) is 3.99. The second-order valence-electron chi connectivity index (χ2n) is 8.63. The zero-order valence-corrected chi connectivity index (χ0v) is 20.5. The van der Waals surface area contributed by atoms with Gasteiger partial charge in [0.05, 0.1) is 21.8 Å². The molecule has 176 valence electrons. The quantitative estimate of drug-likeness (QED) is 0.412. The first-order chi connectivity index (χ1) is 16.5. The van der Waals surface area contributed by atoms with Crippen molar-refractivity contribution in [2.45, 2.75) is 31.2 Å². The van der Waals surface area contributed by atoms with Crippen molar-refractivity contribution in [2.75, 3.05) is 32.7 Å². The van der Waals surface area contributed by atoms with Gasteiger partial charge < -0.3 is 9.80 Å². The molecule has 1 amide bonds. The highest BCUT2D eigenvalue weighted by atomic mass is 32.2. The van der Waals surface area contributed by atoms with E-state index in [0.29, 0.717) is 16.3 Å². The number of aromatic nitrogens is 4. The molecule has 8 nitrogen and oxygen atoms in total. The van der Waals surface area contributed by atoms with Crippen molar-refractivity contribution in [1.29, 1.82) is 0 Å². The van der Waals surface area contributed by atoms with Crippen molar-refractivity contribution in [3.8, 4) is 5.69 Å². The maximum atomic E-state index is 13.4. The number of hydrogen-bond acceptors (Lipinski definition) is 6. The summed E-state index contributed by atoms with van der Waals surface area (Å²) in [5.74, 6) is 0.542. The number of amides is 1. The minimum absolute atomic E-state index is 0.105. The molecule has 9 heteroatoms. The van der Waals surface area contributed by atoms with E-state index < -0.39 is 0 Å². The van der Waals surface area contributed by atoms with Gasteiger partial charge in [0.25, 0.3) is 5.56 Å². The van der Waals surface area contributed by atoms with Gasteiger partial charge in [0, 0.05) is 26.2 Å². The van der Waals surface area contributed by atoms with Crippen LogP contribution in [0.2, 0.25) is 0 Å². The number of benzene rings is 2. The first-order valence-electron chi connectivity index (χ1n) is 11.6. The Morgan fingerprint density at radius 2 is 1.74 bits per heavy atom. The maximum absolute atomic E-state index is 13.4. The van der Waals surface area contributed by atoms with Gasteiger partial charge in [-0.1, -0.05) is 48.5 Å².